The summed E-state index contributed by atoms with van der Waals surface area (Å²) in [7, 11) is 0. The van der Waals surface area contributed by atoms with Crippen LogP contribution in [0.4, 0.5) is 11.4 Å². The molecule has 0 saturated heterocycles. The van der Waals surface area contributed by atoms with E-state index in [4.69, 9.17) is 0 Å². The van der Waals surface area contributed by atoms with Gasteiger partial charge in [-0.3, -0.25) is 9.98 Å². The standard InChI is InChI=1S/C30H26Br2N2O2/c1-17-9-23(29(35)25(31)11-17)15-33-27-7-5-21(13-19(27)3)22-6-8-28(20(4)14-22)34-16-24-10-18(2)12-26(32)30(24)36/h5-16,35-36H,1-4H3. The van der Waals surface area contributed by atoms with Crippen LogP contribution >= 0.6 is 31.9 Å². The van der Waals surface area contributed by atoms with Crippen molar-refractivity contribution >= 4 is 55.7 Å². The Morgan fingerprint density at radius 1 is 0.583 bits per heavy atom. The van der Waals surface area contributed by atoms with E-state index in [9.17, 15) is 10.2 Å². The van der Waals surface area contributed by atoms with Gasteiger partial charge in [0.1, 0.15) is 11.5 Å². The lowest BCUT2D eigenvalue weighted by Gasteiger charge is -2.09. The van der Waals surface area contributed by atoms with Crippen LogP contribution in [0.1, 0.15) is 33.4 Å². The van der Waals surface area contributed by atoms with E-state index in [1.54, 1.807) is 12.4 Å². The van der Waals surface area contributed by atoms with Gasteiger partial charge in [-0.2, -0.15) is 0 Å². The maximum Gasteiger partial charge on any atom is 0.138 e. The Hall–Kier alpha value is -3.22. The fourth-order valence-electron chi connectivity index (χ4n) is 3.96. The zero-order valence-corrected chi connectivity index (χ0v) is 23.6. The SMILES string of the molecule is Cc1cc(Br)c(O)c(C=Nc2ccc(-c3ccc(N=Cc4cc(C)cc(Br)c4O)c(C)c3)cc2C)c1. The second-order valence-electron chi connectivity index (χ2n) is 8.89. The summed E-state index contributed by atoms with van der Waals surface area (Å²) in [5, 5.41) is 20.6. The lowest BCUT2D eigenvalue weighted by atomic mass is 10.00. The highest BCUT2D eigenvalue weighted by molar-refractivity contribution is 9.10. The summed E-state index contributed by atoms with van der Waals surface area (Å²) < 4.78 is 1.31. The number of benzene rings is 4. The molecule has 0 unspecified atom stereocenters. The first kappa shape index (κ1) is 25.9. The molecule has 0 aromatic heterocycles. The van der Waals surface area contributed by atoms with Crippen LogP contribution in [0.25, 0.3) is 11.1 Å². The van der Waals surface area contributed by atoms with Crippen LogP contribution in [0.5, 0.6) is 11.5 Å². The van der Waals surface area contributed by atoms with Gasteiger partial charge in [0.25, 0.3) is 0 Å². The van der Waals surface area contributed by atoms with Crippen molar-refractivity contribution in [2.75, 3.05) is 0 Å². The number of aryl methyl sites for hydroxylation is 4. The number of phenolic OH excluding ortho intramolecular Hbond substituents is 2. The van der Waals surface area contributed by atoms with E-state index in [0.29, 0.717) is 20.1 Å². The third-order valence-electron chi connectivity index (χ3n) is 5.89. The highest BCUT2D eigenvalue weighted by Crippen LogP contribution is 2.33. The molecule has 182 valence electrons. The van der Waals surface area contributed by atoms with Crippen LogP contribution in [-0.2, 0) is 0 Å². The van der Waals surface area contributed by atoms with Crippen LogP contribution in [0.2, 0.25) is 0 Å². The number of nitrogens with zero attached hydrogens (tertiary/aromatic N) is 2. The summed E-state index contributed by atoms with van der Waals surface area (Å²) in [6.07, 6.45) is 3.38. The molecule has 4 rings (SSSR count). The number of hydrogen-bond acceptors (Lipinski definition) is 4. The molecule has 0 fully saturated rings. The average Bonchev–Trinajstić information content (AvgIpc) is 2.83. The van der Waals surface area contributed by atoms with Crippen molar-refractivity contribution in [2.45, 2.75) is 27.7 Å². The van der Waals surface area contributed by atoms with E-state index in [0.717, 1.165) is 44.8 Å². The lowest BCUT2D eigenvalue weighted by Crippen LogP contribution is -1.88. The van der Waals surface area contributed by atoms with Gasteiger partial charge in [-0.15, -0.1) is 0 Å². The average molecular weight is 606 g/mol. The van der Waals surface area contributed by atoms with Gasteiger partial charge in [0, 0.05) is 23.6 Å². The number of rotatable bonds is 5. The molecule has 4 aromatic carbocycles. The minimum Gasteiger partial charge on any atom is -0.506 e. The van der Waals surface area contributed by atoms with E-state index in [2.05, 4.69) is 54.0 Å². The monoisotopic (exact) mass is 604 g/mol. The number of aliphatic imine (C=N–C) groups is 2. The Kier molecular flexibility index (Phi) is 7.76. The molecule has 0 spiro atoms. The second-order valence-corrected chi connectivity index (χ2v) is 10.6. The van der Waals surface area contributed by atoms with Crippen LogP contribution < -0.4 is 0 Å². The predicted molar refractivity (Wildman–Crippen MR) is 157 cm³/mol. The molecule has 4 nitrogen and oxygen atoms in total. The number of aromatic hydroxyl groups is 2. The van der Waals surface area contributed by atoms with Crippen LogP contribution in [0, 0.1) is 27.7 Å². The van der Waals surface area contributed by atoms with Crippen molar-refractivity contribution in [2.24, 2.45) is 9.98 Å². The normalized spacial score (nSPS) is 11.6. The van der Waals surface area contributed by atoms with Crippen molar-refractivity contribution in [1.29, 1.82) is 0 Å². The van der Waals surface area contributed by atoms with E-state index < -0.39 is 0 Å². The topological polar surface area (TPSA) is 65.2 Å². The van der Waals surface area contributed by atoms with Crippen LogP contribution in [0.3, 0.4) is 0 Å². The highest BCUT2D eigenvalue weighted by Gasteiger charge is 2.08. The molecule has 0 amide bonds. The van der Waals surface area contributed by atoms with Gasteiger partial charge in [0.05, 0.1) is 20.3 Å². The minimum absolute atomic E-state index is 0.182. The molecule has 0 aliphatic rings. The van der Waals surface area contributed by atoms with Crippen molar-refractivity contribution in [1.82, 2.24) is 0 Å². The zero-order chi connectivity index (χ0) is 26.0. The third-order valence-corrected chi connectivity index (χ3v) is 7.10. The second kappa shape index (κ2) is 10.8. The van der Waals surface area contributed by atoms with Gasteiger partial charge in [0.15, 0.2) is 0 Å². The Morgan fingerprint density at radius 2 is 0.972 bits per heavy atom. The molecule has 0 aliphatic carbocycles. The minimum atomic E-state index is 0.182. The largest absolute Gasteiger partial charge is 0.506 e. The lowest BCUT2D eigenvalue weighted by molar-refractivity contribution is 0.470. The molecule has 0 aliphatic heterocycles. The molecule has 0 saturated carbocycles. The van der Waals surface area contributed by atoms with Crippen molar-refractivity contribution in [3.63, 3.8) is 0 Å². The highest BCUT2D eigenvalue weighted by atomic mass is 79.9. The fraction of sp³-hybridized carbons (Fsp3) is 0.133. The van der Waals surface area contributed by atoms with Crippen LogP contribution in [-0.4, -0.2) is 22.6 Å². The smallest absolute Gasteiger partial charge is 0.138 e. The molecule has 0 heterocycles. The quantitative estimate of drug-likeness (QED) is 0.223. The summed E-state index contributed by atoms with van der Waals surface area (Å²) in [5.41, 5.74) is 9.37. The van der Waals surface area contributed by atoms with Crippen molar-refractivity contribution in [3.8, 4) is 22.6 Å². The molecule has 0 radical (unpaired) electrons. The summed E-state index contributed by atoms with van der Waals surface area (Å²) in [6.45, 7) is 8.01. The van der Waals surface area contributed by atoms with E-state index >= 15 is 0 Å². The zero-order valence-electron chi connectivity index (χ0n) is 20.5. The van der Waals surface area contributed by atoms with Gasteiger partial charge in [0.2, 0.25) is 0 Å². The maximum atomic E-state index is 10.3. The van der Waals surface area contributed by atoms with E-state index in [-0.39, 0.29) is 11.5 Å². The molecule has 0 atom stereocenters. The Morgan fingerprint density at radius 3 is 1.33 bits per heavy atom. The molecule has 36 heavy (non-hydrogen) atoms. The summed E-state index contributed by atoms with van der Waals surface area (Å²) in [4.78, 5) is 9.22. The Labute approximate surface area is 228 Å². The van der Waals surface area contributed by atoms with Crippen LogP contribution in [0.15, 0.2) is 79.6 Å². The van der Waals surface area contributed by atoms with Gasteiger partial charge in [-0.25, -0.2) is 0 Å². The molecular weight excluding hydrogens is 580 g/mol. The molecule has 0 bridgehead atoms. The summed E-state index contributed by atoms with van der Waals surface area (Å²) >= 11 is 6.76. The predicted octanol–water partition coefficient (Wildman–Crippen LogP) is 9.02. The van der Waals surface area contributed by atoms with Gasteiger partial charge < -0.3 is 10.2 Å². The van der Waals surface area contributed by atoms with E-state index in [1.807, 2.05) is 76.2 Å². The summed E-state index contributed by atoms with van der Waals surface area (Å²) in [5.74, 6) is 0.365. The molecule has 6 heteroatoms. The van der Waals surface area contributed by atoms with E-state index in [1.165, 1.54) is 0 Å². The van der Waals surface area contributed by atoms with Crippen molar-refractivity contribution in [3.05, 3.63) is 103 Å². The first-order valence-corrected chi connectivity index (χ1v) is 13.0. The number of phenols is 2. The third kappa shape index (κ3) is 5.77. The van der Waals surface area contributed by atoms with Gasteiger partial charge in [-0.1, -0.05) is 12.1 Å². The molecular formula is C30H26Br2N2O2. The van der Waals surface area contributed by atoms with Gasteiger partial charge in [-0.05, 0) is 141 Å². The van der Waals surface area contributed by atoms with Gasteiger partial charge >= 0.3 is 0 Å². The first-order valence-electron chi connectivity index (χ1n) is 11.4. The molecule has 4 aromatic rings. The Bertz CT molecular complexity index is 1410. The number of hydrogen-bond donors (Lipinski definition) is 2. The Balaban J connectivity index is 1.57. The maximum absolute atomic E-state index is 10.3. The first-order chi connectivity index (χ1) is 17.1. The summed E-state index contributed by atoms with van der Waals surface area (Å²) in [6, 6.07) is 19.8. The fourth-order valence-corrected chi connectivity index (χ4v) is 5.14. The number of halogens is 2. The van der Waals surface area contributed by atoms with Crippen molar-refractivity contribution < 1.29 is 10.2 Å². The molecule has 2 N–H and O–H groups in total.